The van der Waals surface area contributed by atoms with Gasteiger partial charge in [0, 0.05) is 17.6 Å². The maximum Gasteiger partial charge on any atom is 0.405 e. The molecule has 0 bridgehead atoms. The van der Waals surface area contributed by atoms with Gasteiger partial charge in [-0.2, -0.15) is 0 Å². The second kappa shape index (κ2) is 4.45. The average molecular weight is 267 g/mol. The number of rotatable bonds is 3. The van der Waals surface area contributed by atoms with Gasteiger partial charge >= 0.3 is 12.7 Å². The second-order valence-corrected chi connectivity index (χ2v) is 4.62. The summed E-state index contributed by atoms with van der Waals surface area (Å²) in [5.41, 5.74) is -0.273. The molecular weight excluding hydrogens is 254 g/mol. The van der Waals surface area contributed by atoms with Crippen LogP contribution in [-0.2, 0) is 9.45 Å². The first-order valence-corrected chi connectivity index (χ1v) is 5.73. The lowest BCUT2D eigenvalue weighted by atomic mass is 9.70. The Hall–Kier alpha value is -1.70. The standard InChI is InChI=1S/C12H13BFO5/c1-6(7(2)12(15)16)11-10-8(13(17,18)19-11)4-3-5-9(10)14/h3-6,11,17-18H,2H2,1H3,(H,15,16)/q-1/t6-,11-/m1/s1. The Morgan fingerprint density at radius 3 is 2.74 bits per heavy atom. The van der Waals surface area contributed by atoms with Crippen LogP contribution in [0.25, 0.3) is 0 Å². The molecule has 0 radical (unpaired) electrons. The molecule has 3 N–H and O–H groups in total. The fraction of sp³-hybridized carbons (Fsp3) is 0.250. The van der Waals surface area contributed by atoms with Gasteiger partial charge in [-0.1, -0.05) is 25.6 Å². The minimum Gasteiger partial charge on any atom is -0.556 e. The lowest BCUT2D eigenvalue weighted by Gasteiger charge is -2.28. The molecule has 19 heavy (non-hydrogen) atoms. The molecule has 5 nitrogen and oxygen atoms in total. The lowest BCUT2D eigenvalue weighted by Crippen LogP contribution is -2.47. The number of hydrogen-bond donors (Lipinski definition) is 3. The molecule has 1 aromatic carbocycles. The van der Waals surface area contributed by atoms with E-state index in [4.69, 9.17) is 9.76 Å². The van der Waals surface area contributed by atoms with E-state index in [0.717, 1.165) is 6.07 Å². The third kappa shape index (κ3) is 2.16. The van der Waals surface area contributed by atoms with E-state index in [2.05, 4.69) is 6.58 Å². The number of hydrogen-bond acceptors (Lipinski definition) is 4. The van der Waals surface area contributed by atoms with Gasteiger partial charge in [-0.15, -0.1) is 5.46 Å². The molecule has 0 spiro atoms. The summed E-state index contributed by atoms with van der Waals surface area (Å²) in [5, 5.41) is 28.4. The van der Waals surface area contributed by atoms with Crippen molar-refractivity contribution in [3.8, 4) is 0 Å². The first kappa shape index (κ1) is 13.7. The van der Waals surface area contributed by atoms with E-state index < -0.39 is 30.6 Å². The smallest absolute Gasteiger partial charge is 0.405 e. The largest absolute Gasteiger partial charge is 0.556 e. The Bertz CT molecular complexity index is 557. The van der Waals surface area contributed by atoms with Crippen LogP contribution in [0.1, 0.15) is 18.6 Å². The Morgan fingerprint density at radius 2 is 2.16 bits per heavy atom. The molecule has 0 saturated heterocycles. The number of carboxylic acids is 1. The number of aliphatic carboxylic acids is 1. The molecule has 102 valence electrons. The van der Waals surface area contributed by atoms with Crippen LogP contribution < -0.4 is 5.46 Å². The van der Waals surface area contributed by atoms with Crippen molar-refractivity contribution >= 4 is 18.2 Å². The molecule has 7 heteroatoms. The summed E-state index contributed by atoms with van der Waals surface area (Å²) in [6, 6.07) is 3.83. The van der Waals surface area contributed by atoms with Crippen molar-refractivity contribution in [1.29, 1.82) is 0 Å². The Labute approximate surface area is 109 Å². The number of fused-ring (bicyclic) bond motifs is 1. The Balaban J connectivity index is 2.48. The first-order valence-electron chi connectivity index (χ1n) is 5.73. The van der Waals surface area contributed by atoms with E-state index in [1.807, 2.05) is 0 Å². The average Bonchev–Trinajstić information content (AvgIpc) is 2.61. The zero-order valence-electron chi connectivity index (χ0n) is 10.2. The third-order valence-electron chi connectivity index (χ3n) is 3.39. The minimum absolute atomic E-state index is 0.0256. The fourth-order valence-electron chi connectivity index (χ4n) is 2.27. The number of carbonyl (C=O) groups is 1. The minimum atomic E-state index is -3.32. The van der Waals surface area contributed by atoms with Crippen LogP contribution in [0.4, 0.5) is 4.39 Å². The SMILES string of the molecule is C=C(C(=O)O)[C@@H](C)[C@H]1O[B-](O)(O)c2cccc(F)c21. The van der Waals surface area contributed by atoms with Crippen molar-refractivity contribution in [2.24, 2.45) is 5.92 Å². The monoisotopic (exact) mass is 267 g/mol. The van der Waals surface area contributed by atoms with Crippen LogP contribution in [-0.4, -0.2) is 27.9 Å². The van der Waals surface area contributed by atoms with Crippen LogP contribution in [0.5, 0.6) is 0 Å². The Kier molecular flexibility index (Phi) is 3.21. The summed E-state index contributed by atoms with van der Waals surface area (Å²) in [6.45, 7) is 1.55. The molecule has 0 saturated carbocycles. The Morgan fingerprint density at radius 1 is 1.53 bits per heavy atom. The van der Waals surface area contributed by atoms with E-state index in [0.29, 0.717) is 0 Å². The topological polar surface area (TPSA) is 87.0 Å². The normalized spacial score (nSPS) is 21.8. The number of carboxylic acid groups (broad SMARTS) is 1. The maximum atomic E-state index is 13.8. The van der Waals surface area contributed by atoms with E-state index >= 15 is 0 Å². The van der Waals surface area contributed by atoms with E-state index in [1.165, 1.54) is 19.1 Å². The highest BCUT2D eigenvalue weighted by molar-refractivity contribution is 6.74. The quantitative estimate of drug-likeness (QED) is 0.541. The zero-order valence-corrected chi connectivity index (χ0v) is 10.2. The maximum absolute atomic E-state index is 13.8. The fourth-order valence-corrected chi connectivity index (χ4v) is 2.27. The van der Waals surface area contributed by atoms with Crippen molar-refractivity contribution in [2.45, 2.75) is 13.0 Å². The van der Waals surface area contributed by atoms with Gasteiger partial charge in [0.25, 0.3) is 0 Å². The van der Waals surface area contributed by atoms with Crippen molar-refractivity contribution in [3.63, 3.8) is 0 Å². The van der Waals surface area contributed by atoms with Crippen molar-refractivity contribution in [3.05, 3.63) is 41.7 Å². The molecule has 2 atom stereocenters. The highest BCUT2D eigenvalue weighted by atomic mass is 19.1. The molecule has 1 aromatic rings. The highest BCUT2D eigenvalue weighted by Gasteiger charge is 2.42. The van der Waals surface area contributed by atoms with E-state index in [1.54, 1.807) is 0 Å². The zero-order chi connectivity index (χ0) is 14.4. The van der Waals surface area contributed by atoms with Gasteiger partial charge in [0.1, 0.15) is 5.82 Å². The van der Waals surface area contributed by atoms with Crippen molar-refractivity contribution in [1.82, 2.24) is 0 Å². The van der Waals surface area contributed by atoms with Crippen molar-refractivity contribution in [2.75, 3.05) is 0 Å². The van der Waals surface area contributed by atoms with Crippen LogP contribution >= 0.6 is 0 Å². The van der Waals surface area contributed by atoms with Crippen molar-refractivity contribution < 1.29 is 29.0 Å². The van der Waals surface area contributed by atoms with Gasteiger partial charge < -0.3 is 19.8 Å². The molecule has 0 aromatic heterocycles. The summed E-state index contributed by atoms with van der Waals surface area (Å²) in [4.78, 5) is 10.9. The molecule has 2 rings (SSSR count). The van der Waals surface area contributed by atoms with Gasteiger partial charge in [0.05, 0.1) is 0 Å². The van der Waals surface area contributed by atoms with Crippen LogP contribution in [0.2, 0.25) is 0 Å². The number of benzene rings is 1. The third-order valence-corrected chi connectivity index (χ3v) is 3.39. The molecule has 0 fully saturated rings. The van der Waals surface area contributed by atoms with Gasteiger partial charge in [0.15, 0.2) is 0 Å². The highest BCUT2D eigenvalue weighted by Crippen LogP contribution is 2.37. The van der Waals surface area contributed by atoms with Gasteiger partial charge in [0.2, 0.25) is 0 Å². The van der Waals surface area contributed by atoms with Gasteiger partial charge in [-0.3, -0.25) is 0 Å². The molecule has 1 aliphatic heterocycles. The lowest BCUT2D eigenvalue weighted by molar-refractivity contribution is -0.133. The second-order valence-electron chi connectivity index (χ2n) is 4.62. The molecule has 0 aliphatic carbocycles. The van der Waals surface area contributed by atoms with Crippen LogP contribution in [0.3, 0.4) is 0 Å². The van der Waals surface area contributed by atoms with E-state index in [9.17, 15) is 19.2 Å². The summed E-state index contributed by atoms with van der Waals surface area (Å²) in [5.74, 6) is -2.70. The van der Waals surface area contributed by atoms with Crippen LogP contribution in [0, 0.1) is 11.7 Å². The van der Waals surface area contributed by atoms with Gasteiger partial charge in [-0.05, 0) is 11.6 Å². The number of halogens is 1. The predicted octanol–water partition coefficient (Wildman–Crippen LogP) is 0.304. The van der Waals surface area contributed by atoms with Gasteiger partial charge in [-0.25, -0.2) is 9.18 Å². The molecule has 1 aliphatic rings. The molecule has 0 amide bonds. The predicted molar refractivity (Wildman–Crippen MR) is 66.0 cm³/mol. The summed E-state index contributed by atoms with van der Waals surface area (Å²) < 4.78 is 18.9. The summed E-state index contributed by atoms with van der Waals surface area (Å²) in [7, 11) is 0. The molecule has 1 heterocycles. The molecule has 0 unspecified atom stereocenters. The summed E-state index contributed by atoms with van der Waals surface area (Å²) >= 11 is 0. The van der Waals surface area contributed by atoms with Crippen LogP contribution in [0.15, 0.2) is 30.4 Å². The first-order chi connectivity index (χ1) is 8.75. The van der Waals surface area contributed by atoms with E-state index in [-0.39, 0.29) is 16.6 Å². The molecular formula is C12H13BFO5-. The summed E-state index contributed by atoms with van der Waals surface area (Å²) in [6.07, 6.45) is -1.09.